The summed E-state index contributed by atoms with van der Waals surface area (Å²) in [5, 5.41) is 5.17. The number of rotatable bonds is 3. The summed E-state index contributed by atoms with van der Waals surface area (Å²) in [6.07, 6.45) is 3.53. The Bertz CT molecular complexity index is 432. The highest BCUT2D eigenvalue weighted by molar-refractivity contribution is 6.35. The maximum atomic E-state index is 11.5. The highest BCUT2D eigenvalue weighted by Gasteiger charge is 2.19. The number of carbonyl (C=O) groups is 2. The van der Waals surface area contributed by atoms with Gasteiger partial charge in [-0.25, -0.2) is 4.98 Å². The van der Waals surface area contributed by atoms with Crippen LogP contribution in [0.3, 0.4) is 0 Å². The first kappa shape index (κ1) is 14.2. The van der Waals surface area contributed by atoms with Gasteiger partial charge in [-0.1, -0.05) is 0 Å². The molecule has 6 nitrogen and oxygen atoms in total. The van der Waals surface area contributed by atoms with Crippen LogP contribution in [0.15, 0.2) is 12.4 Å². The molecule has 100 valence electrons. The largest absolute Gasteiger partial charge is 0.346 e. The smallest absolute Gasteiger partial charge is 0.309 e. The van der Waals surface area contributed by atoms with Gasteiger partial charge in [-0.2, -0.15) is 0 Å². The zero-order valence-electron chi connectivity index (χ0n) is 11.3. The molecule has 18 heavy (non-hydrogen) atoms. The van der Waals surface area contributed by atoms with Gasteiger partial charge in [0.05, 0.1) is 0 Å². The number of amides is 2. The van der Waals surface area contributed by atoms with Crippen molar-refractivity contribution in [1.82, 2.24) is 20.2 Å². The van der Waals surface area contributed by atoms with Gasteiger partial charge < -0.3 is 15.2 Å². The molecule has 0 saturated carbocycles. The summed E-state index contributed by atoms with van der Waals surface area (Å²) >= 11 is 0. The lowest BCUT2D eigenvalue weighted by molar-refractivity contribution is -0.140. The predicted octanol–water partition coefficient (Wildman–Crippen LogP) is 0.222. The van der Waals surface area contributed by atoms with Gasteiger partial charge in [0, 0.05) is 31.0 Å². The lowest BCUT2D eigenvalue weighted by atomic mass is 10.1. The molecule has 0 spiro atoms. The fraction of sp³-hybridized carbons (Fsp3) is 0.583. The Morgan fingerprint density at radius 2 is 2.00 bits per heavy atom. The Labute approximate surface area is 107 Å². The Morgan fingerprint density at radius 1 is 1.33 bits per heavy atom. The highest BCUT2D eigenvalue weighted by atomic mass is 16.2. The normalized spacial score (nSPS) is 11.1. The van der Waals surface area contributed by atoms with Crippen LogP contribution in [0.25, 0.3) is 0 Å². The van der Waals surface area contributed by atoms with Gasteiger partial charge in [-0.15, -0.1) is 0 Å². The summed E-state index contributed by atoms with van der Waals surface area (Å²) in [6, 6.07) is 0. The quantitative estimate of drug-likeness (QED) is 0.756. The number of aryl methyl sites for hydroxylation is 1. The zero-order valence-corrected chi connectivity index (χ0v) is 11.3. The van der Waals surface area contributed by atoms with Crippen molar-refractivity contribution >= 4 is 11.8 Å². The van der Waals surface area contributed by atoms with E-state index in [-0.39, 0.29) is 0 Å². The van der Waals surface area contributed by atoms with Crippen LogP contribution in [-0.2, 0) is 16.1 Å². The summed E-state index contributed by atoms with van der Waals surface area (Å²) < 4.78 is 1.90. The molecule has 0 aliphatic rings. The van der Waals surface area contributed by atoms with E-state index >= 15 is 0 Å². The van der Waals surface area contributed by atoms with Crippen molar-refractivity contribution < 1.29 is 9.59 Å². The summed E-state index contributed by atoms with van der Waals surface area (Å²) in [5.41, 5.74) is -0.407. The fourth-order valence-corrected chi connectivity index (χ4v) is 1.41. The van der Waals surface area contributed by atoms with Gasteiger partial charge >= 0.3 is 11.8 Å². The minimum atomic E-state index is -0.609. The summed E-state index contributed by atoms with van der Waals surface area (Å²) in [4.78, 5) is 27.0. The third-order valence-electron chi connectivity index (χ3n) is 2.26. The van der Waals surface area contributed by atoms with Crippen molar-refractivity contribution in [3.8, 4) is 0 Å². The van der Waals surface area contributed by atoms with Gasteiger partial charge in [-0.3, -0.25) is 9.59 Å². The first-order chi connectivity index (χ1) is 8.29. The second kappa shape index (κ2) is 5.66. The molecule has 0 unspecified atom stereocenters. The highest BCUT2D eigenvalue weighted by Crippen LogP contribution is 1.97. The second-order valence-corrected chi connectivity index (χ2v) is 5.13. The summed E-state index contributed by atoms with van der Waals surface area (Å²) in [5.74, 6) is -0.337. The number of hydrogen-bond acceptors (Lipinski definition) is 3. The van der Waals surface area contributed by atoms with Crippen molar-refractivity contribution in [3.63, 3.8) is 0 Å². The van der Waals surface area contributed by atoms with Crippen molar-refractivity contribution in [2.45, 2.75) is 39.8 Å². The molecule has 0 radical (unpaired) electrons. The molecule has 0 saturated heterocycles. The molecule has 1 heterocycles. The Morgan fingerprint density at radius 3 is 2.50 bits per heavy atom. The van der Waals surface area contributed by atoms with Crippen molar-refractivity contribution in [1.29, 1.82) is 0 Å². The van der Waals surface area contributed by atoms with Crippen LogP contribution in [0.2, 0.25) is 0 Å². The molecule has 0 atom stereocenters. The third kappa shape index (κ3) is 4.57. The maximum absolute atomic E-state index is 11.5. The lowest BCUT2D eigenvalue weighted by Crippen LogP contribution is -2.48. The molecule has 2 amide bonds. The van der Waals surface area contributed by atoms with E-state index in [0.29, 0.717) is 13.1 Å². The van der Waals surface area contributed by atoms with Gasteiger partial charge in [-0.05, 0) is 27.7 Å². The predicted molar refractivity (Wildman–Crippen MR) is 67.9 cm³/mol. The van der Waals surface area contributed by atoms with E-state index in [1.165, 1.54) is 0 Å². The van der Waals surface area contributed by atoms with Gasteiger partial charge in [0.15, 0.2) is 0 Å². The van der Waals surface area contributed by atoms with E-state index in [4.69, 9.17) is 0 Å². The summed E-state index contributed by atoms with van der Waals surface area (Å²) in [7, 11) is 0. The second-order valence-electron chi connectivity index (χ2n) is 5.13. The van der Waals surface area contributed by atoms with Crippen LogP contribution in [0, 0.1) is 6.92 Å². The average molecular weight is 252 g/mol. The van der Waals surface area contributed by atoms with E-state index in [0.717, 1.165) is 5.82 Å². The third-order valence-corrected chi connectivity index (χ3v) is 2.26. The first-order valence-electron chi connectivity index (χ1n) is 5.87. The molecule has 6 heteroatoms. The van der Waals surface area contributed by atoms with Crippen molar-refractivity contribution in [2.24, 2.45) is 0 Å². The van der Waals surface area contributed by atoms with E-state index in [1.807, 2.05) is 38.5 Å². The molecule has 0 bridgehead atoms. The molecule has 0 fully saturated rings. The molecular formula is C12H20N4O2. The van der Waals surface area contributed by atoms with Crippen LogP contribution >= 0.6 is 0 Å². The molecule has 1 aromatic rings. The SMILES string of the molecule is Cc1nccn1CCNC(=O)C(=O)NC(C)(C)C. The number of nitrogens with zero attached hydrogens (tertiary/aromatic N) is 2. The number of imidazole rings is 1. The monoisotopic (exact) mass is 252 g/mol. The van der Waals surface area contributed by atoms with E-state index in [1.54, 1.807) is 6.20 Å². The average Bonchev–Trinajstić information content (AvgIpc) is 2.62. The zero-order chi connectivity index (χ0) is 13.8. The van der Waals surface area contributed by atoms with Crippen LogP contribution < -0.4 is 10.6 Å². The first-order valence-corrected chi connectivity index (χ1v) is 5.87. The standard InChI is InChI=1S/C12H20N4O2/c1-9-13-5-7-16(9)8-6-14-10(17)11(18)15-12(2,3)4/h5,7H,6,8H2,1-4H3,(H,14,17)(H,15,18). The van der Waals surface area contributed by atoms with Crippen LogP contribution in [0.5, 0.6) is 0 Å². The number of carbonyl (C=O) groups excluding carboxylic acids is 2. The van der Waals surface area contributed by atoms with E-state index in [9.17, 15) is 9.59 Å². The summed E-state index contributed by atoms with van der Waals surface area (Å²) in [6.45, 7) is 8.36. The lowest BCUT2D eigenvalue weighted by Gasteiger charge is -2.19. The van der Waals surface area contributed by atoms with E-state index in [2.05, 4.69) is 15.6 Å². The number of hydrogen-bond donors (Lipinski definition) is 2. The fourth-order valence-electron chi connectivity index (χ4n) is 1.41. The molecule has 1 rings (SSSR count). The number of aromatic nitrogens is 2. The molecule has 1 aromatic heterocycles. The Kier molecular flexibility index (Phi) is 4.47. The maximum Gasteiger partial charge on any atom is 0.309 e. The molecule has 0 aliphatic heterocycles. The molecule has 0 aliphatic carbocycles. The Hall–Kier alpha value is -1.85. The molecular weight excluding hydrogens is 232 g/mol. The van der Waals surface area contributed by atoms with Crippen LogP contribution in [0.1, 0.15) is 26.6 Å². The van der Waals surface area contributed by atoms with E-state index < -0.39 is 17.4 Å². The van der Waals surface area contributed by atoms with Crippen LogP contribution in [-0.4, -0.2) is 33.4 Å². The van der Waals surface area contributed by atoms with Crippen molar-refractivity contribution in [3.05, 3.63) is 18.2 Å². The minimum absolute atomic E-state index is 0.396. The van der Waals surface area contributed by atoms with Gasteiger partial charge in [0.1, 0.15) is 5.82 Å². The van der Waals surface area contributed by atoms with Gasteiger partial charge in [0.2, 0.25) is 0 Å². The Balaban J connectivity index is 2.34. The van der Waals surface area contributed by atoms with Crippen LogP contribution in [0.4, 0.5) is 0 Å². The minimum Gasteiger partial charge on any atom is -0.346 e. The van der Waals surface area contributed by atoms with Crippen molar-refractivity contribution in [2.75, 3.05) is 6.54 Å². The number of nitrogens with one attached hydrogen (secondary N) is 2. The molecule has 0 aromatic carbocycles. The molecule has 2 N–H and O–H groups in total. The topological polar surface area (TPSA) is 76.0 Å². The van der Waals surface area contributed by atoms with Gasteiger partial charge in [0.25, 0.3) is 0 Å².